The summed E-state index contributed by atoms with van der Waals surface area (Å²) in [7, 11) is -3.10. The fourth-order valence-corrected chi connectivity index (χ4v) is 2.83. The summed E-state index contributed by atoms with van der Waals surface area (Å²) in [6.45, 7) is 0.770. The molecule has 0 aromatic heterocycles. The van der Waals surface area contributed by atoms with Crippen molar-refractivity contribution in [3.8, 4) is 0 Å². The molecule has 0 aromatic rings. The lowest BCUT2D eigenvalue weighted by molar-refractivity contribution is 0.496. The molecular weight excluding hydrogens is 200 g/mol. The van der Waals surface area contributed by atoms with E-state index in [2.05, 4.69) is 4.72 Å². The van der Waals surface area contributed by atoms with E-state index >= 15 is 0 Å². The largest absolute Gasteiger partial charge is 0.329 e. The fourth-order valence-electron chi connectivity index (χ4n) is 1.94. The van der Waals surface area contributed by atoms with Gasteiger partial charge in [-0.1, -0.05) is 25.7 Å². The Morgan fingerprint density at radius 1 is 1.29 bits per heavy atom. The summed E-state index contributed by atoms with van der Waals surface area (Å²) < 4.78 is 25.0. The molecule has 0 aliphatic heterocycles. The van der Waals surface area contributed by atoms with Crippen molar-refractivity contribution < 1.29 is 8.42 Å². The summed E-state index contributed by atoms with van der Waals surface area (Å²) in [5.74, 6) is 0.771. The molecule has 14 heavy (non-hydrogen) atoms. The van der Waals surface area contributed by atoms with Gasteiger partial charge in [0, 0.05) is 13.1 Å². The highest BCUT2D eigenvalue weighted by Gasteiger charge is 2.15. The first-order chi connectivity index (χ1) is 6.64. The predicted octanol–water partition coefficient (Wildman–Crippen LogP) is 0.445. The highest BCUT2D eigenvalue weighted by Crippen LogP contribution is 2.26. The highest BCUT2D eigenvalue weighted by molar-refractivity contribution is 7.89. The van der Waals surface area contributed by atoms with Crippen LogP contribution in [-0.2, 0) is 10.0 Å². The Labute approximate surface area is 86.3 Å². The minimum atomic E-state index is -3.10. The van der Waals surface area contributed by atoms with Crippen molar-refractivity contribution in [1.29, 1.82) is 0 Å². The van der Waals surface area contributed by atoms with Gasteiger partial charge in [0.15, 0.2) is 0 Å². The van der Waals surface area contributed by atoms with E-state index in [0.717, 1.165) is 12.3 Å². The number of hydrogen-bond donors (Lipinski definition) is 2. The predicted molar refractivity (Wildman–Crippen MR) is 57.4 cm³/mol. The smallest absolute Gasteiger partial charge is 0.212 e. The van der Waals surface area contributed by atoms with Gasteiger partial charge in [0.1, 0.15) is 0 Å². The lowest BCUT2D eigenvalue weighted by Gasteiger charge is -2.09. The molecule has 0 unspecified atom stereocenters. The highest BCUT2D eigenvalue weighted by atomic mass is 32.2. The van der Waals surface area contributed by atoms with Gasteiger partial charge >= 0.3 is 0 Å². The van der Waals surface area contributed by atoms with Gasteiger partial charge in [-0.25, -0.2) is 13.1 Å². The van der Waals surface area contributed by atoms with Gasteiger partial charge in [0.2, 0.25) is 10.0 Å². The maximum Gasteiger partial charge on any atom is 0.212 e. The average molecular weight is 220 g/mol. The first-order valence-electron chi connectivity index (χ1n) is 5.31. The van der Waals surface area contributed by atoms with Gasteiger partial charge in [-0.15, -0.1) is 0 Å². The molecule has 0 spiro atoms. The van der Waals surface area contributed by atoms with Crippen LogP contribution in [0.5, 0.6) is 0 Å². The Balaban J connectivity index is 2.13. The van der Waals surface area contributed by atoms with Gasteiger partial charge in [0.25, 0.3) is 0 Å². The Morgan fingerprint density at radius 2 is 1.93 bits per heavy atom. The molecule has 1 aliphatic carbocycles. The van der Waals surface area contributed by atoms with Crippen LogP contribution in [0.3, 0.4) is 0 Å². The molecule has 0 radical (unpaired) electrons. The van der Waals surface area contributed by atoms with Crippen LogP contribution in [0.4, 0.5) is 0 Å². The van der Waals surface area contributed by atoms with Crippen LogP contribution >= 0.6 is 0 Å². The normalized spacial score (nSPS) is 18.9. The minimum Gasteiger partial charge on any atom is -0.329 e. The Hall–Kier alpha value is -0.130. The van der Waals surface area contributed by atoms with Crippen LogP contribution in [0.25, 0.3) is 0 Å². The third-order valence-corrected chi connectivity index (χ3v) is 4.15. The Bertz CT molecular complexity index is 246. The SMILES string of the molecule is NCCS(=O)(=O)NCCC1CCCC1. The third kappa shape index (κ3) is 4.39. The van der Waals surface area contributed by atoms with Gasteiger partial charge in [-0.05, 0) is 12.3 Å². The van der Waals surface area contributed by atoms with Crippen molar-refractivity contribution in [2.75, 3.05) is 18.8 Å². The summed E-state index contributed by atoms with van der Waals surface area (Å²) in [6, 6.07) is 0. The fraction of sp³-hybridized carbons (Fsp3) is 1.00. The zero-order valence-electron chi connectivity index (χ0n) is 8.54. The van der Waals surface area contributed by atoms with Crippen molar-refractivity contribution in [3.05, 3.63) is 0 Å². The Kier molecular flexibility index (Phi) is 4.84. The van der Waals surface area contributed by atoms with Crippen molar-refractivity contribution in [2.24, 2.45) is 11.7 Å². The average Bonchev–Trinajstić information content (AvgIpc) is 2.56. The molecule has 0 atom stereocenters. The summed E-state index contributed by atoms with van der Waals surface area (Å²) >= 11 is 0. The summed E-state index contributed by atoms with van der Waals surface area (Å²) in [5.41, 5.74) is 5.19. The molecule has 3 N–H and O–H groups in total. The lowest BCUT2D eigenvalue weighted by Crippen LogP contribution is -2.31. The van der Waals surface area contributed by atoms with E-state index < -0.39 is 10.0 Å². The van der Waals surface area contributed by atoms with E-state index in [1.807, 2.05) is 0 Å². The molecule has 0 aromatic carbocycles. The molecule has 1 rings (SSSR count). The zero-order chi connectivity index (χ0) is 10.4. The van der Waals surface area contributed by atoms with Crippen molar-refractivity contribution in [2.45, 2.75) is 32.1 Å². The first kappa shape index (κ1) is 11.9. The molecule has 84 valence electrons. The summed E-state index contributed by atoms with van der Waals surface area (Å²) in [5, 5.41) is 0. The first-order valence-corrected chi connectivity index (χ1v) is 6.96. The van der Waals surface area contributed by atoms with Crippen LogP contribution in [0.1, 0.15) is 32.1 Å². The molecule has 5 heteroatoms. The van der Waals surface area contributed by atoms with Crippen LogP contribution in [0.2, 0.25) is 0 Å². The van der Waals surface area contributed by atoms with Crippen molar-refractivity contribution in [1.82, 2.24) is 4.72 Å². The molecule has 1 fully saturated rings. The molecule has 1 saturated carbocycles. The molecule has 0 saturated heterocycles. The minimum absolute atomic E-state index is 0.0394. The summed E-state index contributed by atoms with van der Waals surface area (Å²) in [6.07, 6.45) is 6.11. The monoisotopic (exact) mass is 220 g/mol. The maximum atomic E-state index is 11.2. The van der Waals surface area contributed by atoms with Crippen LogP contribution in [-0.4, -0.2) is 27.3 Å². The molecule has 0 heterocycles. The number of rotatable bonds is 6. The van der Waals surface area contributed by atoms with Gasteiger partial charge in [-0.3, -0.25) is 0 Å². The molecular formula is C9H20N2O2S. The second-order valence-corrected chi connectivity index (χ2v) is 5.87. The molecule has 0 bridgehead atoms. The topological polar surface area (TPSA) is 72.2 Å². The van der Waals surface area contributed by atoms with E-state index in [4.69, 9.17) is 5.73 Å². The number of hydrogen-bond acceptors (Lipinski definition) is 3. The molecule has 4 nitrogen and oxygen atoms in total. The van der Waals surface area contributed by atoms with Crippen molar-refractivity contribution >= 4 is 10.0 Å². The molecule has 1 aliphatic rings. The van der Waals surface area contributed by atoms with Crippen LogP contribution in [0.15, 0.2) is 0 Å². The van der Waals surface area contributed by atoms with E-state index in [9.17, 15) is 8.42 Å². The van der Waals surface area contributed by atoms with Crippen LogP contribution in [0, 0.1) is 5.92 Å². The van der Waals surface area contributed by atoms with E-state index in [-0.39, 0.29) is 12.3 Å². The second kappa shape index (κ2) is 5.68. The number of nitrogens with two attached hydrogens (primary N) is 1. The van der Waals surface area contributed by atoms with Gasteiger partial charge < -0.3 is 5.73 Å². The van der Waals surface area contributed by atoms with Crippen molar-refractivity contribution in [3.63, 3.8) is 0 Å². The quantitative estimate of drug-likeness (QED) is 0.682. The van der Waals surface area contributed by atoms with E-state index in [1.54, 1.807) is 0 Å². The Morgan fingerprint density at radius 3 is 2.50 bits per heavy atom. The number of sulfonamides is 1. The standard InChI is InChI=1S/C9H20N2O2S/c10-6-8-14(12,13)11-7-5-9-3-1-2-4-9/h9,11H,1-8,10H2. The zero-order valence-corrected chi connectivity index (χ0v) is 9.35. The molecule has 0 amide bonds. The van der Waals surface area contributed by atoms with Crippen LogP contribution < -0.4 is 10.5 Å². The van der Waals surface area contributed by atoms with Gasteiger partial charge in [-0.2, -0.15) is 0 Å². The maximum absolute atomic E-state index is 11.2. The summed E-state index contributed by atoms with van der Waals surface area (Å²) in [4.78, 5) is 0. The van der Waals surface area contributed by atoms with Gasteiger partial charge in [0.05, 0.1) is 5.75 Å². The second-order valence-electron chi connectivity index (χ2n) is 3.94. The van der Waals surface area contributed by atoms with E-state index in [1.165, 1.54) is 25.7 Å². The lowest BCUT2D eigenvalue weighted by atomic mass is 10.1. The van der Waals surface area contributed by atoms with E-state index in [0.29, 0.717) is 6.54 Å². The number of nitrogens with one attached hydrogen (secondary N) is 1. The third-order valence-electron chi connectivity index (χ3n) is 2.74.